The van der Waals surface area contributed by atoms with Gasteiger partial charge in [0.2, 0.25) is 0 Å². The van der Waals surface area contributed by atoms with Crippen LogP contribution in [0, 0.1) is 17.0 Å². The van der Waals surface area contributed by atoms with Gasteiger partial charge < -0.3 is 10.1 Å². The molecule has 1 N–H and O–H groups in total. The van der Waals surface area contributed by atoms with E-state index in [1.54, 1.807) is 19.1 Å². The zero-order valence-electron chi connectivity index (χ0n) is 15.8. The number of para-hydroxylation sites is 1. The molecular weight excluding hydrogens is 344 g/mol. The minimum atomic E-state index is -0.463. The van der Waals surface area contributed by atoms with E-state index in [2.05, 4.69) is 19.2 Å². The molecule has 0 spiro atoms. The lowest BCUT2D eigenvalue weighted by Gasteiger charge is -2.41. The topological polar surface area (TPSA) is 81.5 Å². The highest BCUT2D eigenvalue weighted by Gasteiger charge is 2.39. The highest BCUT2D eigenvalue weighted by Crippen LogP contribution is 2.42. The Labute approximate surface area is 158 Å². The summed E-state index contributed by atoms with van der Waals surface area (Å²) in [7, 11) is 0. The molecule has 0 aromatic heterocycles. The molecule has 2 aromatic carbocycles. The zero-order valence-corrected chi connectivity index (χ0v) is 15.8. The molecule has 0 bridgehead atoms. The normalized spacial score (nSPS) is 17.5. The van der Waals surface area contributed by atoms with E-state index in [1.807, 2.05) is 24.3 Å². The fourth-order valence-corrected chi connectivity index (χ4v) is 3.73. The first kappa shape index (κ1) is 18.9. The summed E-state index contributed by atoms with van der Waals surface area (Å²) >= 11 is 0. The Kier molecular flexibility index (Phi) is 5.17. The van der Waals surface area contributed by atoms with Gasteiger partial charge in [0.1, 0.15) is 11.4 Å². The van der Waals surface area contributed by atoms with Crippen molar-refractivity contribution in [2.45, 2.75) is 51.7 Å². The van der Waals surface area contributed by atoms with Crippen molar-refractivity contribution in [3.63, 3.8) is 0 Å². The summed E-state index contributed by atoms with van der Waals surface area (Å²) in [5.74, 6) is 0.479. The number of hydrogen-bond acceptors (Lipinski definition) is 4. The molecule has 0 unspecified atom stereocenters. The third-order valence-electron chi connectivity index (χ3n) is 5.54. The molecule has 0 fully saturated rings. The van der Waals surface area contributed by atoms with Crippen molar-refractivity contribution >= 4 is 11.6 Å². The largest absolute Gasteiger partial charge is 0.487 e. The predicted molar refractivity (Wildman–Crippen MR) is 103 cm³/mol. The maximum absolute atomic E-state index is 12.9. The minimum absolute atomic E-state index is 0.0495. The van der Waals surface area contributed by atoms with Crippen LogP contribution < -0.4 is 10.1 Å². The summed E-state index contributed by atoms with van der Waals surface area (Å²) in [5.41, 5.74) is 1.26. The number of nitrogens with one attached hydrogen (secondary N) is 1. The molecule has 1 aliphatic heterocycles. The average Bonchev–Trinajstić information content (AvgIpc) is 2.67. The standard InChI is InChI=1S/C21H24N2O4/c1-4-21(5-2)13-17(16-9-6-7-12-19(16)27-21)22-20(24)15-10-8-11-18(14(15)3)23(25)26/h6-12,17H,4-5,13H2,1-3H3,(H,22,24)/t17-/m1/s1. The summed E-state index contributed by atoms with van der Waals surface area (Å²) in [6.45, 7) is 5.77. The fraction of sp³-hybridized carbons (Fsp3) is 0.381. The number of carbonyl (C=O) groups is 1. The van der Waals surface area contributed by atoms with E-state index in [0.29, 0.717) is 17.5 Å². The lowest BCUT2D eigenvalue weighted by molar-refractivity contribution is -0.385. The van der Waals surface area contributed by atoms with Crippen LogP contribution in [0.3, 0.4) is 0 Å². The second-order valence-corrected chi connectivity index (χ2v) is 6.97. The molecule has 0 radical (unpaired) electrons. The van der Waals surface area contributed by atoms with Crippen LogP contribution in [0.15, 0.2) is 42.5 Å². The summed E-state index contributed by atoms with van der Waals surface area (Å²) in [6.07, 6.45) is 2.33. The molecule has 1 aliphatic rings. The van der Waals surface area contributed by atoms with Crippen LogP contribution in [0.5, 0.6) is 5.75 Å². The van der Waals surface area contributed by atoms with E-state index in [1.165, 1.54) is 6.07 Å². The first-order valence-corrected chi connectivity index (χ1v) is 9.23. The van der Waals surface area contributed by atoms with Gasteiger partial charge in [-0.25, -0.2) is 0 Å². The summed E-state index contributed by atoms with van der Waals surface area (Å²) in [5, 5.41) is 14.3. The summed E-state index contributed by atoms with van der Waals surface area (Å²) in [6, 6.07) is 12.1. The third kappa shape index (κ3) is 3.52. The van der Waals surface area contributed by atoms with Crippen LogP contribution in [-0.2, 0) is 0 Å². The van der Waals surface area contributed by atoms with Gasteiger partial charge in [0.25, 0.3) is 11.6 Å². The van der Waals surface area contributed by atoms with E-state index < -0.39 is 4.92 Å². The molecule has 0 aliphatic carbocycles. The van der Waals surface area contributed by atoms with E-state index >= 15 is 0 Å². The molecule has 0 saturated heterocycles. The number of nitrogens with zero attached hydrogens (tertiary/aromatic N) is 1. The number of nitro benzene ring substituents is 1. The second kappa shape index (κ2) is 7.39. The fourth-order valence-electron chi connectivity index (χ4n) is 3.73. The van der Waals surface area contributed by atoms with Crippen LogP contribution in [0.4, 0.5) is 5.69 Å². The molecule has 1 amide bonds. The number of nitro groups is 1. The van der Waals surface area contributed by atoms with Crippen molar-refractivity contribution in [1.82, 2.24) is 5.32 Å². The highest BCUT2D eigenvalue weighted by atomic mass is 16.6. The third-order valence-corrected chi connectivity index (χ3v) is 5.54. The Morgan fingerprint density at radius 2 is 1.93 bits per heavy atom. The van der Waals surface area contributed by atoms with Gasteiger partial charge in [0.05, 0.1) is 11.0 Å². The van der Waals surface area contributed by atoms with E-state index in [4.69, 9.17) is 4.74 Å². The molecule has 3 rings (SSSR count). The van der Waals surface area contributed by atoms with Gasteiger partial charge in [0.15, 0.2) is 0 Å². The Morgan fingerprint density at radius 1 is 1.22 bits per heavy atom. The number of ether oxygens (including phenoxy) is 1. The SMILES string of the molecule is CCC1(CC)C[C@@H](NC(=O)c2cccc([N+](=O)[O-])c2C)c2ccccc2O1. The molecule has 0 saturated carbocycles. The van der Waals surface area contributed by atoms with Gasteiger partial charge in [-0.15, -0.1) is 0 Å². The molecule has 142 valence electrons. The number of carbonyl (C=O) groups excluding carboxylic acids is 1. The van der Waals surface area contributed by atoms with Crippen LogP contribution in [-0.4, -0.2) is 16.4 Å². The smallest absolute Gasteiger partial charge is 0.273 e. The van der Waals surface area contributed by atoms with Gasteiger partial charge in [0, 0.05) is 29.2 Å². The summed E-state index contributed by atoms with van der Waals surface area (Å²) in [4.78, 5) is 23.6. The van der Waals surface area contributed by atoms with Crippen molar-refractivity contribution in [2.75, 3.05) is 0 Å². The monoisotopic (exact) mass is 368 g/mol. The maximum atomic E-state index is 12.9. The number of rotatable bonds is 5. The molecule has 27 heavy (non-hydrogen) atoms. The van der Waals surface area contributed by atoms with Crippen molar-refractivity contribution in [2.24, 2.45) is 0 Å². The van der Waals surface area contributed by atoms with E-state index in [9.17, 15) is 14.9 Å². The second-order valence-electron chi connectivity index (χ2n) is 6.97. The average molecular weight is 368 g/mol. The number of benzene rings is 2. The van der Waals surface area contributed by atoms with Gasteiger partial charge in [-0.1, -0.05) is 38.1 Å². The van der Waals surface area contributed by atoms with Crippen LogP contribution >= 0.6 is 0 Å². The van der Waals surface area contributed by atoms with Crippen LogP contribution in [0.1, 0.15) is 60.6 Å². The lowest BCUT2D eigenvalue weighted by Crippen LogP contribution is -2.44. The van der Waals surface area contributed by atoms with Gasteiger partial charge in [-0.3, -0.25) is 14.9 Å². The van der Waals surface area contributed by atoms with Crippen molar-refractivity contribution in [1.29, 1.82) is 0 Å². The van der Waals surface area contributed by atoms with Gasteiger partial charge in [-0.2, -0.15) is 0 Å². The Morgan fingerprint density at radius 3 is 2.59 bits per heavy atom. The van der Waals surface area contributed by atoms with E-state index in [0.717, 1.165) is 24.2 Å². The molecule has 6 heteroatoms. The van der Waals surface area contributed by atoms with E-state index in [-0.39, 0.29) is 23.2 Å². The van der Waals surface area contributed by atoms with Crippen molar-refractivity contribution in [3.8, 4) is 5.75 Å². The van der Waals surface area contributed by atoms with Crippen molar-refractivity contribution in [3.05, 3.63) is 69.3 Å². The minimum Gasteiger partial charge on any atom is -0.487 e. The molecule has 2 aromatic rings. The van der Waals surface area contributed by atoms with Crippen LogP contribution in [0.25, 0.3) is 0 Å². The number of hydrogen-bond donors (Lipinski definition) is 1. The first-order valence-electron chi connectivity index (χ1n) is 9.23. The van der Waals surface area contributed by atoms with Crippen LogP contribution in [0.2, 0.25) is 0 Å². The van der Waals surface area contributed by atoms with Gasteiger partial charge >= 0.3 is 0 Å². The Hall–Kier alpha value is -2.89. The maximum Gasteiger partial charge on any atom is 0.273 e. The predicted octanol–water partition coefficient (Wildman–Crippen LogP) is 4.72. The Balaban J connectivity index is 1.94. The Bertz CT molecular complexity index is 874. The number of amides is 1. The number of fused-ring (bicyclic) bond motifs is 1. The molecular formula is C21H24N2O4. The lowest BCUT2D eigenvalue weighted by atomic mass is 9.83. The molecule has 1 heterocycles. The first-order chi connectivity index (χ1) is 12.9. The summed E-state index contributed by atoms with van der Waals surface area (Å²) < 4.78 is 6.27. The van der Waals surface area contributed by atoms with Crippen molar-refractivity contribution < 1.29 is 14.5 Å². The molecule has 1 atom stereocenters. The zero-order chi connectivity index (χ0) is 19.6. The highest BCUT2D eigenvalue weighted by molar-refractivity contribution is 5.96. The quantitative estimate of drug-likeness (QED) is 0.612. The molecule has 6 nitrogen and oxygen atoms in total. The van der Waals surface area contributed by atoms with Gasteiger partial charge in [-0.05, 0) is 31.9 Å².